The Morgan fingerprint density at radius 1 is 1.19 bits per heavy atom. The van der Waals surface area contributed by atoms with Crippen LogP contribution in [0.5, 0.6) is 0 Å². The summed E-state index contributed by atoms with van der Waals surface area (Å²) in [5, 5.41) is 10.9. The molecular formula is C14H14N2O4S. The quantitative estimate of drug-likeness (QED) is 0.531. The average molecular weight is 306 g/mol. The van der Waals surface area contributed by atoms with Crippen LogP contribution >= 0.6 is 0 Å². The van der Waals surface area contributed by atoms with E-state index in [1.54, 1.807) is 25.1 Å². The molecule has 0 bridgehead atoms. The first-order chi connectivity index (χ1) is 9.81. The van der Waals surface area contributed by atoms with Gasteiger partial charge in [0, 0.05) is 17.3 Å². The van der Waals surface area contributed by atoms with Crippen molar-refractivity contribution in [3.05, 3.63) is 63.7 Å². The van der Waals surface area contributed by atoms with E-state index in [4.69, 9.17) is 5.73 Å². The van der Waals surface area contributed by atoms with Gasteiger partial charge in [-0.05, 0) is 30.7 Å². The third-order valence-electron chi connectivity index (χ3n) is 3.18. The maximum Gasteiger partial charge on any atom is 0.272 e. The van der Waals surface area contributed by atoms with Crippen molar-refractivity contribution in [2.24, 2.45) is 0 Å². The molecule has 6 nitrogen and oxygen atoms in total. The molecule has 0 spiro atoms. The van der Waals surface area contributed by atoms with Gasteiger partial charge in [0.15, 0.2) is 9.84 Å². The molecule has 7 heteroatoms. The van der Waals surface area contributed by atoms with Gasteiger partial charge in [-0.15, -0.1) is 0 Å². The van der Waals surface area contributed by atoms with Crippen molar-refractivity contribution in [2.75, 3.05) is 5.73 Å². The number of sulfone groups is 1. The van der Waals surface area contributed by atoms with Crippen LogP contribution in [0.1, 0.15) is 11.1 Å². The molecule has 0 aliphatic heterocycles. The lowest BCUT2D eigenvalue weighted by Gasteiger charge is -2.08. The summed E-state index contributed by atoms with van der Waals surface area (Å²) in [7, 11) is -3.60. The van der Waals surface area contributed by atoms with E-state index in [9.17, 15) is 18.5 Å². The molecule has 0 heterocycles. The number of benzene rings is 2. The van der Waals surface area contributed by atoms with E-state index in [0.29, 0.717) is 16.8 Å². The van der Waals surface area contributed by atoms with Gasteiger partial charge in [0.25, 0.3) is 5.69 Å². The second-order valence-electron chi connectivity index (χ2n) is 4.65. The third-order valence-corrected chi connectivity index (χ3v) is 4.84. The van der Waals surface area contributed by atoms with Gasteiger partial charge in [-0.2, -0.15) is 0 Å². The van der Waals surface area contributed by atoms with Crippen molar-refractivity contribution >= 4 is 21.2 Å². The molecule has 2 N–H and O–H groups in total. The lowest BCUT2D eigenvalue weighted by molar-refractivity contribution is -0.385. The SMILES string of the molecule is Cc1c(CS(=O)(=O)c2cccc(N)c2)cccc1[N+](=O)[O-]. The van der Waals surface area contributed by atoms with Gasteiger partial charge in [0.05, 0.1) is 15.6 Å². The normalized spacial score (nSPS) is 11.3. The number of nitrogen functional groups attached to an aromatic ring is 1. The molecule has 0 saturated heterocycles. The fourth-order valence-electron chi connectivity index (χ4n) is 2.02. The van der Waals surface area contributed by atoms with Crippen molar-refractivity contribution in [1.82, 2.24) is 0 Å². The predicted molar refractivity (Wildman–Crippen MR) is 79.6 cm³/mol. The first-order valence-corrected chi connectivity index (χ1v) is 7.77. The Morgan fingerprint density at radius 3 is 2.48 bits per heavy atom. The zero-order chi connectivity index (χ0) is 15.6. The minimum absolute atomic E-state index is 0.0877. The Balaban J connectivity index is 2.42. The lowest BCUT2D eigenvalue weighted by atomic mass is 10.1. The van der Waals surface area contributed by atoms with Crippen molar-refractivity contribution < 1.29 is 13.3 Å². The number of anilines is 1. The second kappa shape index (κ2) is 5.53. The van der Waals surface area contributed by atoms with E-state index in [1.807, 2.05) is 0 Å². The van der Waals surface area contributed by atoms with Crippen LogP contribution in [0, 0.1) is 17.0 Å². The summed E-state index contributed by atoms with van der Waals surface area (Å²) in [5.41, 5.74) is 6.62. The van der Waals surface area contributed by atoms with Crippen molar-refractivity contribution in [1.29, 1.82) is 0 Å². The highest BCUT2D eigenvalue weighted by Crippen LogP contribution is 2.25. The highest BCUT2D eigenvalue weighted by atomic mass is 32.2. The maximum absolute atomic E-state index is 12.4. The van der Waals surface area contributed by atoms with Gasteiger partial charge in [-0.3, -0.25) is 10.1 Å². The number of nitrogens with two attached hydrogens (primary N) is 1. The number of hydrogen-bond donors (Lipinski definition) is 1. The van der Waals surface area contributed by atoms with Gasteiger partial charge < -0.3 is 5.73 Å². The number of rotatable bonds is 4. The van der Waals surface area contributed by atoms with Crippen LogP contribution in [-0.2, 0) is 15.6 Å². The number of nitro benzene ring substituents is 1. The maximum atomic E-state index is 12.4. The van der Waals surface area contributed by atoms with Crippen LogP contribution in [0.15, 0.2) is 47.4 Å². The van der Waals surface area contributed by atoms with Gasteiger partial charge in [-0.1, -0.05) is 18.2 Å². The molecule has 0 saturated carbocycles. The van der Waals surface area contributed by atoms with Gasteiger partial charge in [0.2, 0.25) is 0 Å². The minimum Gasteiger partial charge on any atom is -0.399 e. The van der Waals surface area contributed by atoms with Crippen LogP contribution in [-0.4, -0.2) is 13.3 Å². The summed E-state index contributed by atoms with van der Waals surface area (Å²) in [6.07, 6.45) is 0. The molecule has 0 unspecified atom stereocenters. The molecule has 0 fully saturated rings. The molecule has 21 heavy (non-hydrogen) atoms. The summed E-state index contributed by atoms with van der Waals surface area (Å²) < 4.78 is 24.7. The molecule has 0 amide bonds. The number of nitro groups is 1. The smallest absolute Gasteiger partial charge is 0.272 e. The minimum atomic E-state index is -3.60. The van der Waals surface area contributed by atoms with Gasteiger partial charge in [-0.25, -0.2) is 8.42 Å². The van der Waals surface area contributed by atoms with E-state index in [0.717, 1.165) is 0 Å². The predicted octanol–water partition coefficient (Wildman–Crippen LogP) is 2.46. The summed E-state index contributed by atoms with van der Waals surface area (Å²) in [5.74, 6) is -0.302. The van der Waals surface area contributed by atoms with Gasteiger partial charge >= 0.3 is 0 Å². The Kier molecular flexibility index (Phi) is 3.95. The highest BCUT2D eigenvalue weighted by molar-refractivity contribution is 7.90. The van der Waals surface area contributed by atoms with E-state index >= 15 is 0 Å². The highest BCUT2D eigenvalue weighted by Gasteiger charge is 2.20. The molecule has 0 aliphatic rings. The molecule has 0 radical (unpaired) electrons. The molecular weight excluding hydrogens is 292 g/mol. The summed E-state index contributed by atoms with van der Waals surface area (Å²) >= 11 is 0. The molecule has 2 aromatic rings. The largest absolute Gasteiger partial charge is 0.399 e. The van der Waals surface area contributed by atoms with Crippen LogP contribution in [0.25, 0.3) is 0 Å². The molecule has 2 aromatic carbocycles. The Labute approximate surface area is 122 Å². The zero-order valence-electron chi connectivity index (χ0n) is 11.3. The Bertz CT molecular complexity index is 800. The van der Waals surface area contributed by atoms with Crippen LogP contribution in [0.3, 0.4) is 0 Å². The lowest BCUT2D eigenvalue weighted by Crippen LogP contribution is -2.07. The van der Waals surface area contributed by atoms with Gasteiger partial charge in [0.1, 0.15) is 0 Å². The fourth-order valence-corrected chi connectivity index (χ4v) is 3.51. The van der Waals surface area contributed by atoms with Crippen LogP contribution in [0.4, 0.5) is 11.4 Å². The van der Waals surface area contributed by atoms with Crippen molar-refractivity contribution in [3.63, 3.8) is 0 Å². The van der Waals surface area contributed by atoms with Crippen LogP contribution < -0.4 is 5.73 Å². The van der Waals surface area contributed by atoms with E-state index in [2.05, 4.69) is 0 Å². The number of nitrogens with zero attached hydrogens (tertiary/aromatic N) is 1. The van der Waals surface area contributed by atoms with E-state index in [-0.39, 0.29) is 16.3 Å². The fraction of sp³-hybridized carbons (Fsp3) is 0.143. The number of hydrogen-bond acceptors (Lipinski definition) is 5. The summed E-state index contributed by atoms with van der Waals surface area (Å²) in [6, 6.07) is 10.4. The standard InChI is InChI=1S/C14H14N2O4S/c1-10-11(4-2-7-14(10)16(17)18)9-21(19,20)13-6-3-5-12(15)8-13/h2-8H,9,15H2,1H3. The van der Waals surface area contributed by atoms with E-state index < -0.39 is 14.8 Å². The molecule has 110 valence electrons. The van der Waals surface area contributed by atoms with Crippen molar-refractivity contribution in [3.8, 4) is 0 Å². The molecule has 2 rings (SSSR count). The second-order valence-corrected chi connectivity index (χ2v) is 6.64. The first-order valence-electron chi connectivity index (χ1n) is 6.12. The molecule has 0 aromatic heterocycles. The summed E-state index contributed by atoms with van der Waals surface area (Å²) in [4.78, 5) is 10.5. The Hall–Kier alpha value is -2.41. The third kappa shape index (κ3) is 3.19. The molecule has 0 aliphatic carbocycles. The molecule has 0 atom stereocenters. The zero-order valence-corrected chi connectivity index (χ0v) is 12.1. The average Bonchev–Trinajstić information content (AvgIpc) is 2.40. The first kappa shape index (κ1) is 15.0. The monoisotopic (exact) mass is 306 g/mol. The summed E-state index contributed by atoms with van der Waals surface area (Å²) in [6.45, 7) is 1.54. The van der Waals surface area contributed by atoms with E-state index in [1.165, 1.54) is 24.3 Å². The van der Waals surface area contributed by atoms with Crippen LogP contribution in [0.2, 0.25) is 0 Å². The Morgan fingerprint density at radius 2 is 1.86 bits per heavy atom. The topological polar surface area (TPSA) is 103 Å². The van der Waals surface area contributed by atoms with Crippen molar-refractivity contribution in [2.45, 2.75) is 17.6 Å².